The molecule has 1 saturated heterocycles. The minimum atomic E-state index is -1.02. The van der Waals surface area contributed by atoms with E-state index < -0.39 is 6.09 Å². The Kier molecular flexibility index (Phi) is 3.47. The van der Waals surface area contributed by atoms with E-state index in [0.717, 1.165) is 0 Å². The second-order valence-corrected chi connectivity index (χ2v) is 5.55. The molecule has 0 spiro atoms. The molecule has 0 aromatic heterocycles. The van der Waals surface area contributed by atoms with Gasteiger partial charge >= 0.3 is 6.09 Å². The van der Waals surface area contributed by atoms with Crippen LogP contribution in [-0.2, 0) is 9.53 Å². The number of morpholine rings is 1. The number of rotatable bonds is 2. The molecule has 0 bridgehead atoms. The van der Waals surface area contributed by atoms with E-state index in [2.05, 4.69) is 5.32 Å². The standard InChI is InChI=1S/C12H20N2O4/c1-12(2)8(7-9(12)13-11(16)17)10(15)14-3-5-18-6-4-14/h8-9,13H,3-7H2,1-2H3,(H,16,17)/t8-,9-/m1/s1. The first-order valence-electron chi connectivity index (χ1n) is 6.29. The fourth-order valence-corrected chi connectivity index (χ4v) is 2.74. The Labute approximate surface area is 106 Å². The van der Waals surface area contributed by atoms with Crippen LogP contribution in [0.3, 0.4) is 0 Å². The fourth-order valence-electron chi connectivity index (χ4n) is 2.74. The Hall–Kier alpha value is -1.30. The van der Waals surface area contributed by atoms with E-state index in [-0.39, 0.29) is 23.3 Å². The van der Waals surface area contributed by atoms with Gasteiger partial charge in [-0.15, -0.1) is 0 Å². The third-order valence-electron chi connectivity index (χ3n) is 4.19. The molecule has 0 radical (unpaired) electrons. The van der Waals surface area contributed by atoms with Crippen molar-refractivity contribution in [2.24, 2.45) is 11.3 Å². The highest BCUT2D eigenvalue weighted by Crippen LogP contribution is 2.47. The number of carbonyl (C=O) groups excluding carboxylic acids is 1. The molecule has 2 fully saturated rings. The normalized spacial score (nSPS) is 30.4. The van der Waals surface area contributed by atoms with Gasteiger partial charge in [-0.1, -0.05) is 13.8 Å². The molecule has 2 amide bonds. The molecule has 1 aliphatic carbocycles. The molecule has 2 N–H and O–H groups in total. The van der Waals surface area contributed by atoms with Gasteiger partial charge in [-0.25, -0.2) is 4.79 Å². The van der Waals surface area contributed by atoms with Crippen LogP contribution >= 0.6 is 0 Å². The lowest BCUT2D eigenvalue weighted by Crippen LogP contribution is -2.63. The maximum absolute atomic E-state index is 12.3. The molecule has 6 heteroatoms. The molecular weight excluding hydrogens is 236 g/mol. The Morgan fingerprint density at radius 2 is 1.94 bits per heavy atom. The highest BCUT2D eigenvalue weighted by Gasteiger charge is 2.53. The summed E-state index contributed by atoms with van der Waals surface area (Å²) >= 11 is 0. The number of carbonyl (C=O) groups is 2. The molecule has 2 aliphatic rings. The first-order chi connectivity index (χ1) is 8.43. The summed E-state index contributed by atoms with van der Waals surface area (Å²) in [4.78, 5) is 24.8. The van der Waals surface area contributed by atoms with Crippen LogP contribution in [0.4, 0.5) is 4.79 Å². The summed E-state index contributed by atoms with van der Waals surface area (Å²) in [6, 6.07) is -0.134. The molecule has 1 saturated carbocycles. The van der Waals surface area contributed by atoms with Crippen LogP contribution in [0.5, 0.6) is 0 Å². The summed E-state index contributed by atoms with van der Waals surface area (Å²) in [5.74, 6) is 0.0409. The van der Waals surface area contributed by atoms with Crippen molar-refractivity contribution in [1.82, 2.24) is 10.2 Å². The van der Waals surface area contributed by atoms with E-state index in [0.29, 0.717) is 32.7 Å². The number of nitrogens with one attached hydrogen (secondary N) is 1. The molecular formula is C12H20N2O4. The second-order valence-electron chi connectivity index (χ2n) is 5.55. The lowest BCUT2D eigenvalue weighted by atomic mass is 9.58. The van der Waals surface area contributed by atoms with Crippen molar-refractivity contribution >= 4 is 12.0 Å². The molecule has 2 atom stereocenters. The number of hydrogen-bond acceptors (Lipinski definition) is 3. The largest absolute Gasteiger partial charge is 0.465 e. The summed E-state index contributed by atoms with van der Waals surface area (Å²) in [5.41, 5.74) is -0.312. The topological polar surface area (TPSA) is 78.9 Å². The van der Waals surface area contributed by atoms with Gasteiger partial charge in [-0.05, 0) is 11.8 Å². The van der Waals surface area contributed by atoms with Crippen molar-refractivity contribution in [3.05, 3.63) is 0 Å². The lowest BCUT2D eigenvalue weighted by Gasteiger charge is -2.52. The quantitative estimate of drug-likeness (QED) is 0.755. The molecule has 102 valence electrons. The van der Waals surface area contributed by atoms with Crippen LogP contribution in [0, 0.1) is 11.3 Å². The van der Waals surface area contributed by atoms with Crippen molar-refractivity contribution < 1.29 is 19.4 Å². The predicted octanol–water partition coefficient (Wildman–Crippen LogP) is 0.528. The van der Waals surface area contributed by atoms with Gasteiger partial charge < -0.3 is 20.1 Å². The molecule has 1 heterocycles. The SMILES string of the molecule is CC1(C)[C@@H](C(=O)N2CCOCC2)C[C@H]1NC(=O)O. The van der Waals surface area contributed by atoms with E-state index in [9.17, 15) is 9.59 Å². The van der Waals surface area contributed by atoms with Crippen molar-refractivity contribution in [2.75, 3.05) is 26.3 Å². The van der Waals surface area contributed by atoms with Crippen LogP contribution in [-0.4, -0.2) is 54.4 Å². The molecule has 6 nitrogen and oxygen atoms in total. The number of amides is 2. The third kappa shape index (κ3) is 2.29. The van der Waals surface area contributed by atoms with Crippen molar-refractivity contribution in [3.8, 4) is 0 Å². The number of hydrogen-bond donors (Lipinski definition) is 2. The fraction of sp³-hybridized carbons (Fsp3) is 0.833. The van der Waals surface area contributed by atoms with E-state index >= 15 is 0 Å². The number of ether oxygens (including phenoxy) is 1. The van der Waals surface area contributed by atoms with Crippen LogP contribution in [0.15, 0.2) is 0 Å². The summed E-state index contributed by atoms with van der Waals surface area (Å²) in [5, 5.41) is 11.2. The Bertz CT molecular complexity index is 350. The predicted molar refractivity (Wildman–Crippen MR) is 64.2 cm³/mol. The molecule has 18 heavy (non-hydrogen) atoms. The van der Waals surface area contributed by atoms with E-state index in [4.69, 9.17) is 9.84 Å². The van der Waals surface area contributed by atoms with Crippen molar-refractivity contribution in [2.45, 2.75) is 26.3 Å². The van der Waals surface area contributed by atoms with E-state index in [1.807, 2.05) is 18.7 Å². The van der Waals surface area contributed by atoms with Crippen LogP contribution in [0.2, 0.25) is 0 Å². The summed E-state index contributed by atoms with van der Waals surface area (Å²) < 4.78 is 5.22. The van der Waals surface area contributed by atoms with Gasteiger partial charge in [-0.3, -0.25) is 4.79 Å². The number of nitrogens with zero attached hydrogens (tertiary/aromatic N) is 1. The van der Waals surface area contributed by atoms with Gasteiger partial charge in [-0.2, -0.15) is 0 Å². The first-order valence-corrected chi connectivity index (χ1v) is 6.29. The lowest BCUT2D eigenvalue weighted by molar-refractivity contribution is -0.152. The summed E-state index contributed by atoms with van der Waals surface area (Å²) in [6.07, 6.45) is -0.430. The monoisotopic (exact) mass is 256 g/mol. The molecule has 0 unspecified atom stereocenters. The molecule has 2 rings (SSSR count). The van der Waals surface area contributed by atoms with Crippen LogP contribution in [0.25, 0.3) is 0 Å². The Morgan fingerprint density at radius 1 is 1.33 bits per heavy atom. The molecule has 1 aliphatic heterocycles. The van der Waals surface area contributed by atoms with Crippen molar-refractivity contribution in [3.63, 3.8) is 0 Å². The van der Waals surface area contributed by atoms with Gasteiger partial charge in [0.15, 0.2) is 0 Å². The zero-order valence-electron chi connectivity index (χ0n) is 10.8. The average Bonchev–Trinajstić information content (AvgIpc) is 2.34. The highest BCUT2D eigenvalue weighted by atomic mass is 16.5. The maximum atomic E-state index is 12.3. The zero-order chi connectivity index (χ0) is 13.3. The van der Waals surface area contributed by atoms with Gasteiger partial charge in [0.05, 0.1) is 13.2 Å². The van der Waals surface area contributed by atoms with Gasteiger partial charge in [0, 0.05) is 25.0 Å². The van der Waals surface area contributed by atoms with E-state index in [1.54, 1.807) is 0 Å². The number of carboxylic acid groups (broad SMARTS) is 1. The minimum Gasteiger partial charge on any atom is -0.465 e. The summed E-state index contributed by atoms with van der Waals surface area (Å²) in [6.45, 7) is 6.36. The van der Waals surface area contributed by atoms with Gasteiger partial charge in [0.25, 0.3) is 0 Å². The van der Waals surface area contributed by atoms with Gasteiger partial charge in [0.2, 0.25) is 5.91 Å². The maximum Gasteiger partial charge on any atom is 0.404 e. The Morgan fingerprint density at radius 3 is 2.44 bits per heavy atom. The minimum absolute atomic E-state index is 0.0903. The second kappa shape index (κ2) is 4.76. The molecule has 0 aromatic carbocycles. The molecule has 0 aromatic rings. The average molecular weight is 256 g/mol. The third-order valence-corrected chi connectivity index (χ3v) is 4.19. The van der Waals surface area contributed by atoms with E-state index in [1.165, 1.54) is 0 Å². The Balaban J connectivity index is 1.94. The zero-order valence-corrected chi connectivity index (χ0v) is 10.8. The smallest absolute Gasteiger partial charge is 0.404 e. The highest BCUT2D eigenvalue weighted by molar-refractivity contribution is 5.81. The first kappa shape index (κ1) is 13.1. The van der Waals surface area contributed by atoms with Gasteiger partial charge in [0.1, 0.15) is 0 Å². The van der Waals surface area contributed by atoms with Crippen LogP contribution < -0.4 is 5.32 Å². The van der Waals surface area contributed by atoms with Crippen molar-refractivity contribution in [1.29, 1.82) is 0 Å². The van der Waals surface area contributed by atoms with Crippen LogP contribution in [0.1, 0.15) is 20.3 Å². The summed E-state index contributed by atoms with van der Waals surface area (Å²) in [7, 11) is 0.